The standard InChI is InChI=1S/C15H13F3N2O/c1-20(14(21)13-4-2-3-9-19-13)10-11-5-7-12(8-6-11)15(16,17)18/h2-9H,10H2,1H3. The summed E-state index contributed by atoms with van der Waals surface area (Å²) in [6, 6.07) is 9.74. The van der Waals surface area contributed by atoms with Crippen LogP contribution >= 0.6 is 0 Å². The lowest BCUT2D eigenvalue weighted by molar-refractivity contribution is -0.137. The van der Waals surface area contributed by atoms with Crippen LogP contribution in [-0.2, 0) is 12.7 Å². The minimum atomic E-state index is -4.35. The topological polar surface area (TPSA) is 33.2 Å². The predicted molar refractivity (Wildman–Crippen MR) is 71.5 cm³/mol. The molecule has 1 heterocycles. The number of benzene rings is 1. The van der Waals surface area contributed by atoms with Gasteiger partial charge in [-0.15, -0.1) is 0 Å². The molecule has 0 saturated carbocycles. The first-order valence-electron chi connectivity index (χ1n) is 6.20. The lowest BCUT2D eigenvalue weighted by atomic mass is 10.1. The van der Waals surface area contributed by atoms with Crippen LogP contribution in [0.25, 0.3) is 0 Å². The SMILES string of the molecule is CN(Cc1ccc(C(F)(F)F)cc1)C(=O)c1ccccn1. The van der Waals surface area contributed by atoms with Crippen LogP contribution in [0.2, 0.25) is 0 Å². The van der Waals surface area contributed by atoms with Crippen LogP contribution in [0, 0.1) is 0 Å². The van der Waals surface area contributed by atoms with E-state index >= 15 is 0 Å². The van der Waals surface area contributed by atoms with Crippen molar-refractivity contribution in [1.82, 2.24) is 9.88 Å². The Hall–Kier alpha value is -2.37. The average Bonchev–Trinajstić information content (AvgIpc) is 2.47. The fraction of sp³-hybridized carbons (Fsp3) is 0.200. The summed E-state index contributed by atoms with van der Waals surface area (Å²) in [5.74, 6) is -0.282. The molecule has 0 aliphatic heterocycles. The maximum atomic E-state index is 12.5. The van der Waals surface area contributed by atoms with E-state index in [4.69, 9.17) is 0 Å². The summed E-state index contributed by atoms with van der Waals surface area (Å²) in [5.41, 5.74) is 0.214. The van der Waals surface area contributed by atoms with Crippen LogP contribution in [0.4, 0.5) is 13.2 Å². The lowest BCUT2D eigenvalue weighted by Gasteiger charge is -2.17. The van der Waals surface area contributed by atoms with E-state index in [9.17, 15) is 18.0 Å². The largest absolute Gasteiger partial charge is 0.416 e. The summed E-state index contributed by atoms with van der Waals surface area (Å²) in [7, 11) is 1.58. The van der Waals surface area contributed by atoms with Crippen LogP contribution < -0.4 is 0 Å². The molecule has 1 aromatic carbocycles. The van der Waals surface area contributed by atoms with Gasteiger partial charge in [-0.1, -0.05) is 18.2 Å². The molecule has 2 rings (SSSR count). The van der Waals surface area contributed by atoms with Crippen molar-refractivity contribution in [3.05, 3.63) is 65.5 Å². The Morgan fingerprint density at radius 2 is 1.81 bits per heavy atom. The van der Waals surface area contributed by atoms with Gasteiger partial charge in [0.2, 0.25) is 0 Å². The molecule has 0 fully saturated rings. The van der Waals surface area contributed by atoms with Crippen LogP contribution in [0.15, 0.2) is 48.7 Å². The lowest BCUT2D eigenvalue weighted by Crippen LogP contribution is -2.26. The molecule has 21 heavy (non-hydrogen) atoms. The normalized spacial score (nSPS) is 11.2. The Kier molecular flexibility index (Phi) is 4.26. The van der Waals surface area contributed by atoms with Crippen molar-refractivity contribution in [2.75, 3.05) is 7.05 Å². The molecule has 3 nitrogen and oxygen atoms in total. The van der Waals surface area contributed by atoms with E-state index in [1.54, 1.807) is 25.2 Å². The van der Waals surface area contributed by atoms with E-state index in [-0.39, 0.29) is 12.5 Å². The third-order valence-electron chi connectivity index (χ3n) is 2.93. The molecule has 1 aromatic heterocycles. The highest BCUT2D eigenvalue weighted by Gasteiger charge is 2.30. The van der Waals surface area contributed by atoms with Gasteiger partial charge in [-0.05, 0) is 29.8 Å². The number of rotatable bonds is 3. The summed E-state index contributed by atoms with van der Waals surface area (Å²) in [6.45, 7) is 0.216. The number of carbonyl (C=O) groups is 1. The minimum Gasteiger partial charge on any atom is -0.336 e. The predicted octanol–water partition coefficient (Wildman–Crippen LogP) is 3.37. The first-order chi connectivity index (χ1) is 9.88. The molecular weight excluding hydrogens is 281 g/mol. The van der Waals surface area contributed by atoms with Gasteiger partial charge in [-0.2, -0.15) is 13.2 Å². The number of hydrogen-bond acceptors (Lipinski definition) is 2. The maximum absolute atomic E-state index is 12.5. The first-order valence-corrected chi connectivity index (χ1v) is 6.20. The average molecular weight is 294 g/mol. The summed E-state index contributed by atoms with van der Waals surface area (Å²) in [5, 5.41) is 0. The monoisotopic (exact) mass is 294 g/mol. The van der Waals surface area contributed by atoms with E-state index in [1.807, 2.05) is 0 Å². The van der Waals surface area contributed by atoms with Crippen molar-refractivity contribution >= 4 is 5.91 Å². The molecule has 110 valence electrons. The van der Waals surface area contributed by atoms with Crippen molar-refractivity contribution in [2.45, 2.75) is 12.7 Å². The van der Waals surface area contributed by atoms with Gasteiger partial charge >= 0.3 is 6.18 Å². The second-order valence-electron chi connectivity index (χ2n) is 4.57. The summed E-state index contributed by atoms with van der Waals surface area (Å²) in [4.78, 5) is 17.4. The van der Waals surface area contributed by atoms with Gasteiger partial charge in [-0.3, -0.25) is 9.78 Å². The summed E-state index contributed by atoms with van der Waals surface area (Å²) >= 11 is 0. The third kappa shape index (κ3) is 3.81. The summed E-state index contributed by atoms with van der Waals surface area (Å²) in [6.07, 6.45) is -2.84. The molecule has 6 heteroatoms. The van der Waals surface area contributed by atoms with Gasteiger partial charge in [0.05, 0.1) is 5.56 Å². The summed E-state index contributed by atoms with van der Waals surface area (Å²) < 4.78 is 37.4. The minimum absolute atomic E-state index is 0.216. The van der Waals surface area contributed by atoms with E-state index in [0.717, 1.165) is 12.1 Å². The maximum Gasteiger partial charge on any atom is 0.416 e. The second-order valence-corrected chi connectivity index (χ2v) is 4.57. The molecule has 1 amide bonds. The Morgan fingerprint density at radius 1 is 1.14 bits per heavy atom. The number of hydrogen-bond donors (Lipinski definition) is 0. The third-order valence-corrected chi connectivity index (χ3v) is 2.93. The van der Waals surface area contributed by atoms with Crippen molar-refractivity contribution in [3.8, 4) is 0 Å². The number of halogens is 3. The Bertz CT molecular complexity index is 609. The van der Waals surface area contributed by atoms with E-state index in [2.05, 4.69) is 4.98 Å². The molecule has 0 spiro atoms. The number of aromatic nitrogens is 1. The highest BCUT2D eigenvalue weighted by molar-refractivity contribution is 5.91. The molecule has 0 aliphatic rings. The molecule has 0 radical (unpaired) electrons. The van der Waals surface area contributed by atoms with Gasteiger partial charge in [-0.25, -0.2) is 0 Å². The van der Waals surface area contributed by atoms with E-state index in [1.165, 1.54) is 23.2 Å². The molecule has 0 N–H and O–H groups in total. The number of pyridine rings is 1. The number of carbonyl (C=O) groups excluding carboxylic acids is 1. The van der Waals surface area contributed by atoms with Gasteiger partial charge < -0.3 is 4.90 Å². The van der Waals surface area contributed by atoms with E-state index in [0.29, 0.717) is 11.3 Å². The van der Waals surface area contributed by atoms with Crippen LogP contribution in [0.1, 0.15) is 21.6 Å². The fourth-order valence-corrected chi connectivity index (χ4v) is 1.83. The smallest absolute Gasteiger partial charge is 0.336 e. The van der Waals surface area contributed by atoms with Gasteiger partial charge in [0.25, 0.3) is 5.91 Å². The molecule has 0 saturated heterocycles. The fourth-order valence-electron chi connectivity index (χ4n) is 1.83. The van der Waals surface area contributed by atoms with Gasteiger partial charge in [0, 0.05) is 19.8 Å². The number of amides is 1. The van der Waals surface area contributed by atoms with Crippen molar-refractivity contribution in [1.29, 1.82) is 0 Å². The molecular formula is C15H13F3N2O. The van der Waals surface area contributed by atoms with Crippen LogP contribution in [0.5, 0.6) is 0 Å². The van der Waals surface area contributed by atoms with Crippen molar-refractivity contribution in [3.63, 3.8) is 0 Å². The van der Waals surface area contributed by atoms with Crippen LogP contribution in [-0.4, -0.2) is 22.8 Å². The number of alkyl halides is 3. The molecule has 0 atom stereocenters. The zero-order valence-corrected chi connectivity index (χ0v) is 11.3. The highest BCUT2D eigenvalue weighted by atomic mass is 19.4. The van der Waals surface area contributed by atoms with E-state index < -0.39 is 11.7 Å². The quantitative estimate of drug-likeness (QED) is 0.869. The Balaban J connectivity index is 2.06. The zero-order valence-electron chi connectivity index (χ0n) is 11.3. The number of nitrogens with zero attached hydrogens (tertiary/aromatic N) is 2. The van der Waals surface area contributed by atoms with Gasteiger partial charge in [0.15, 0.2) is 0 Å². The zero-order chi connectivity index (χ0) is 15.5. The molecule has 0 bridgehead atoms. The highest BCUT2D eigenvalue weighted by Crippen LogP contribution is 2.29. The second kappa shape index (κ2) is 5.95. The molecule has 0 unspecified atom stereocenters. The molecule has 2 aromatic rings. The van der Waals surface area contributed by atoms with Crippen LogP contribution in [0.3, 0.4) is 0 Å². The molecule has 0 aliphatic carbocycles. The first kappa shape index (κ1) is 15.0. The van der Waals surface area contributed by atoms with Gasteiger partial charge in [0.1, 0.15) is 5.69 Å². The Labute approximate surface area is 120 Å². The van der Waals surface area contributed by atoms with Crippen molar-refractivity contribution in [2.24, 2.45) is 0 Å². The Morgan fingerprint density at radius 3 is 2.33 bits per heavy atom. The van der Waals surface area contributed by atoms with Crippen molar-refractivity contribution < 1.29 is 18.0 Å².